The zero-order valence-corrected chi connectivity index (χ0v) is 16.5. The van der Waals surface area contributed by atoms with Gasteiger partial charge in [0.05, 0.1) is 18.4 Å². The lowest BCUT2D eigenvalue weighted by molar-refractivity contribution is -0.136. The molecule has 1 unspecified atom stereocenters. The highest BCUT2D eigenvalue weighted by Crippen LogP contribution is 2.43. The topological polar surface area (TPSA) is 51.2 Å². The first kappa shape index (κ1) is 17.7. The van der Waals surface area contributed by atoms with E-state index in [1.165, 1.54) is 7.11 Å². The number of dihydropyridines is 1. The molecule has 4 nitrogen and oxygen atoms in total. The highest BCUT2D eigenvalue weighted by atomic mass is 127. The monoisotopic (exact) mass is 446 g/mol. The zero-order valence-electron chi connectivity index (χ0n) is 14.3. The van der Waals surface area contributed by atoms with Gasteiger partial charge in [-0.2, -0.15) is 0 Å². The van der Waals surface area contributed by atoms with E-state index in [0.29, 0.717) is 5.57 Å². The Morgan fingerprint density at radius 1 is 1.12 bits per heavy atom. The quantitative estimate of drug-likeness (QED) is 0.566. The molecule has 0 radical (unpaired) electrons. The first-order valence-corrected chi connectivity index (χ1v) is 9.04. The van der Waals surface area contributed by atoms with Gasteiger partial charge < -0.3 is 10.1 Å². The van der Waals surface area contributed by atoms with Crippen molar-refractivity contribution < 1.29 is 9.53 Å². The molecule has 0 aliphatic carbocycles. The molecular formula is C20H19IN2O2. The summed E-state index contributed by atoms with van der Waals surface area (Å²) >= 11 is 2.28. The van der Waals surface area contributed by atoms with Gasteiger partial charge in [-0.1, -0.05) is 18.2 Å². The van der Waals surface area contributed by atoms with Crippen LogP contribution in [0.1, 0.15) is 31.0 Å². The van der Waals surface area contributed by atoms with Crippen molar-refractivity contribution in [1.29, 1.82) is 0 Å². The van der Waals surface area contributed by atoms with E-state index in [4.69, 9.17) is 4.74 Å². The van der Waals surface area contributed by atoms with Crippen LogP contribution in [0.4, 0.5) is 0 Å². The maximum atomic E-state index is 12.5. The summed E-state index contributed by atoms with van der Waals surface area (Å²) in [4.78, 5) is 17.1. The molecule has 1 aromatic heterocycles. The molecule has 1 aliphatic rings. The SMILES string of the molecule is COC(=O)C1=C(C)NC(C)=C(c2ccccn2)C1c1ccc(I)cc1. The van der Waals surface area contributed by atoms with Crippen LogP contribution in [-0.4, -0.2) is 18.1 Å². The summed E-state index contributed by atoms with van der Waals surface area (Å²) in [6.45, 7) is 3.92. The highest BCUT2D eigenvalue weighted by molar-refractivity contribution is 14.1. The molecule has 0 saturated heterocycles. The third-order valence-electron chi connectivity index (χ3n) is 4.31. The van der Waals surface area contributed by atoms with Crippen molar-refractivity contribution in [3.63, 3.8) is 0 Å². The molecule has 0 spiro atoms. The third-order valence-corrected chi connectivity index (χ3v) is 5.03. The minimum atomic E-state index is -0.325. The lowest BCUT2D eigenvalue weighted by atomic mass is 9.79. The Morgan fingerprint density at radius 3 is 2.44 bits per heavy atom. The second kappa shape index (κ2) is 7.39. The molecule has 25 heavy (non-hydrogen) atoms. The first-order chi connectivity index (χ1) is 12.0. The number of nitrogens with zero attached hydrogens (tertiary/aromatic N) is 1. The van der Waals surface area contributed by atoms with E-state index in [0.717, 1.165) is 31.8 Å². The number of carbonyl (C=O) groups excluding carboxylic acids is 1. The van der Waals surface area contributed by atoms with Crippen molar-refractivity contribution in [2.75, 3.05) is 7.11 Å². The molecular weight excluding hydrogens is 427 g/mol. The average molecular weight is 446 g/mol. The van der Waals surface area contributed by atoms with Crippen LogP contribution < -0.4 is 5.32 Å². The second-order valence-corrected chi connectivity index (χ2v) is 7.14. The molecule has 0 amide bonds. The average Bonchev–Trinajstić information content (AvgIpc) is 2.62. The van der Waals surface area contributed by atoms with Crippen LogP contribution in [0.2, 0.25) is 0 Å². The smallest absolute Gasteiger partial charge is 0.336 e. The number of halogens is 1. The molecule has 5 heteroatoms. The van der Waals surface area contributed by atoms with Crippen molar-refractivity contribution in [1.82, 2.24) is 10.3 Å². The van der Waals surface area contributed by atoms with Gasteiger partial charge in [0, 0.05) is 32.7 Å². The number of esters is 1. The summed E-state index contributed by atoms with van der Waals surface area (Å²) in [5, 5.41) is 3.32. The first-order valence-electron chi connectivity index (χ1n) is 7.96. The van der Waals surface area contributed by atoms with Crippen LogP contribution in [0.25, 0.3) is 5.57 Å². The van der Waals surface area contributed by atoms with Crippen LogP contribution in [0.15, 0.2) is 65.6 Å². The molecule has 0 bridgehead atoms. The molecule has 0 saturated carbocycles. The van der Waals surface area contributed by atoms with E-state index in [2.05, 4.69) is 45.0 Å². The standard InChI is InChI=1S/C20H19IN2O2/c1-12-17(16-6-4-5-11-22-16)19(14-7-9-15(21)10-8-14)18(13(2)23-12)20(24)25-3/h4-11,19,23H,1-3H3. The molecule has 1 aliphatic heterocycles. The fraction of sp³-hybridized carbons (Fsp3) is 0.200. The summed E-state index contributed by atoms with van der Waals surface area (Å²) in [5.41, 5.74) is 5.31. The Balaban J connectivity index is 2.23. The summed E-state index contributed by atoms with van der Waals surface area (Å²) in [6.07, 6.45) is 1.77. The lowest BCUT2D eigenvalue weighted by Crippen LogP contribution is -2.28. The van der Waals surface area contributed by atoms with E-state index in [1.807, 2.05) is 44.2 Å². The normalized spacial score (nSPS) is 17.4. The van der Waals surface area contributed by atoms with Gasteiger partial charge in [0.1, 0.15) is 0 Å². The number of carbonyl (C=O) groups is 1. The van der Waals surface area contributed by atoms with E-state index in [-0.39, 0.29) is 11.9 Å². The Labute approximate surface area is 161 Å². The van der Waals surface area contributed by atoms with E-state index < -0.39 is 0 Å². The van der Waals surface area contributed by atoms with Crippen molar-refractivity contribution in [3.8, 4) is 0 Å². The van der Waals surface area contributed by atoms with Gasteiger partial charge in [-0.05, 0) is 66.3 Å². The number of aromatic nitrogens is 1. The van der Waals surface area contributed by atoms with Gasteiger partial charge in [-0.3, -0.25) is 4.98 Å². The summed E-state index contributed by atoms with van der Waals surface area (Å²) < 4.78 is 6.22. The number of methoxy groups -OCH3 is 1. The van der Waals surface area contributed by atoms with Gasteiger partial charge in [0.25, 0.3) is 0 Å². The van der Waals surface area contributed by atoms with E-state index in [1.54, 1.807) is 6.20 Å². The molecule has 0 fully saturated rings. The van der Waals surface area contributed by atoms with Crippen molar-refractivity contribution in [3.05, 3.63) is 80.5 Å². The van der Waals surface area contributed by atoms with Gasteiger partial charge in [-0.25, -0.2) is 4.79 Å². The number of ether oxygens (including phenoxy) is 1. The minimum Gasteiger partial charge on any atom is -0.466 e. The minimum absolute atomic E-state index is 0.222. The van der Waals surface area contributed by atoms with Crippen LogP contribution in [0, 0.1) is 3.57 Å². The molecule has 3 rings (SSSR count). The van der Waals surface area contributed by atoms with Crippen molar-refractivity contribution in [2.45, 2.75) is 19.8 Å². The van der Waals surface area contributed by atoms with Crippen LogP contribution in [0.3, 0.4) is 0 Å². The fourth-order valence-corrected chi connectivity index (χ4v) is 3.58. The van der Waals surface area contributed by atoms with Crippen LogP contribution in [0.5, 0.6) is 0 Å². The Hall–Kier alpha value is -2.15. The number of benzene rings is 1. The largest absolute Gasteiger partial charge is 0.466 e. The molecule has 2 heterocycles. The maximum absolute atomic E-state index is 12.5. The Bertz CT molecular complexity index is 855. The van der Waals surface area contributed by atoms with Gasteiger partial charge >= 0.3 is 5.97 Å². The molecule has 128 valence electrons. The number of allylic oxidation sites excluding steroid dienone is 3. The summed E-state index contributed by atoms with van der Waals surface area (Å²) in [7, 11) is 1.42. The van der Waals surface area contributed by atoms with Gasteiger partial charge in [0.2, 0.25) is 0 Å². The van der Waals surface area contributed by atoms with Crippen LogP contribution >= 0.6 is 22.6 Å². The van der Waals surface area contributed by atoms with Crippen molar-refractivity contribution >= 4 is 34.1 Å². The number of nitrogens with one attached hydrogen (secondary N) is 1. The molecule has 1 aromatic carbocycles. The predicted octanol–water partition coefficient (Wildman–Crippen LogP) is 4.25. The summed E-state index contributed by atoms with van der Waals surface area (Å²) in [6, 6.07) is 14.0. The lowest BCUT2D eigenvalue weighted by Gasteiger charge is -2.31. The number of rotatable bonds is 3. The van der Waals surface area contributed by atoms with Gasteiger partial charge in [0.15, 0.2) is 0 Å². The van der Waals surface area contributed by atoms with Gasteiger partial charge in [-0.15, -0.1) is 0 Å². The highest BCUT2D eigenvalue weighted by Gasteiger charge is 2.34. The number of hydrogen-bond donors (Lipinski definition) is 1. The van der Waals surface area contributed by atoms with E-state index in [9.17, 15) is 4.79 Å². The maximum Gasteiger partial charge on any atom is 0.336 e. The van der Waals surface area contributed by atoms with E-state index >= 15 is 0 Å². The molecule has 1 N–H and O–H groups in total. The number of hydrogen-bond acceptors (Lipinski definition) is 4. The second-order valence-electron chi connectivity index (χ2n) is 5.89. The number of pyridine rings is 1. The van der Waals surface area contributed by atoms with Crippen LogP contribution in [-0.2, 0) is 9.53 Å². The summed E-state index contributed by atoms with van der Waals surface area (Å²) in [5.74, 6) is -0.546. The third kappa shape index (κ3) is 3.46. The Morgan fingerprint density at radius 2 is 1.84 bits per heavy atom. The predicted molar refractivity (Wildman–Crippen MR) is 107 cm³/mol. The molecule has 1 atom stereocenters. The zero-order chi connectivity index (χ0) is 18.0. The fourth-order valence-electron chi connectivity index (χ4n) is 3.22. The molecule has 2 aromatic rings. The Kier molecular flexibility index (Phi) is 5.22. The van der Waals surface area contributed by atoms with Crippen molar-refractivity contribution in [2.24, 2.45) is 0 Å².